The van der Waals surface area contributed by atoms with Crippen molar-refractivity contribution in [2.75, 3.05) is 31.2 Å². The highest BCUT2D eigenvalue weighted by Crippen LogP contribution is 2.32. The molecule has 3 heterocycles. The van der Waals surface area contributed by atoms with Gasteiger partial charge in [-0.2, -0.15) is 0 Å². The first-order chi connectivity index (χ1) is 11.7. The van der Waals surface area contributed by atoms with Crippen molar-refractivity contribution in [1.29, 1.82) is 0 Å². The van der Waals surface area contributed by atoms with Gasteiger partial charge in [-0.1, -0.05) is 30.3 Å². The van der Waals surface area contributed by atoms with Crippen LogP contribution in [0, 0.1) is 0 Å². The Morgan fingerprint density at radius 3 is 2.88 bits per heavy atom. The molecule has 2 aromatic rings. The van der Waals surface area contributed by atoms with Gasteiger partial charge in [0, 0.05) is 18.7 Å². The fourth-order valence-electron chi connectivity index (χ4n) is 3.70. The number of hydrogen-bond donors (Lipinski definition) is 0. The third-order valence-corrected chi connectivity index (χ3v) is 4.71. The Balaban J connectivity index is 1.61. The zero-order valence-corrected chi connectivity index (χ0v) is 14.0. The van der Waals surface area contributed by atoms with Crippen molar-refractivity contribution in [3.8, 4) is 11.3 Å². The summed E-state index contributed by atoms with van der Waals surface area (Å²) in [6.07, 6.45) is 5.92. The van der Waals surface area contributed by atoms with E-state index in [9.17, 15) is 0 Å². The Kier molecular flexibility index (Phi) is 4.21. The highest BCUT2D eigenvalue weighted by atomic mass is 16.6. The van der Waals surface area contributed by atoms with Crippen molar-refractivity contribution < 1.29 is 9.47 Å². The molecule has 0 radical (unpaired) electrons. The molecule has 0 saturated carbocycles. The molecule has 2 fully saturated rings. The monoisotopic (exact) mass is 325 g/mol. The van der Waals surface area contributed by atoms with Gasteiger partial charge in [-0.25, -0.2) is 4.98 Å². The van der Waals surface area contributed by atoms with E-state index in [0.717, 1.165) is 49.6 Å². The smallest absolute Gasteiger partial charge is 0.148 e. The number of aromatic nitrogens is 2. The number of nitrogens with zero attached hydrogens (tertiary/aromatic N) is 3. The number of anilines is 1. The summed E-state index contributed by atoms with van der Waals surface area (Å²) in [5.74, 6) is 0.913. The van der Waals surface area contributed by atoms with Gasteiger partial charge in [-0.3, -0.25) is 4.98 Å². The lowest BCUT2D eigenvalue weighted by molar-refractivity contribution is -0.160. The van der Waals surface area contributed by atoms with Crippen LogP contribution >= 0.6 is 0 Å². The highest BCUT2D eigenvalue weighted by Gasteiger charge is 2.41. The number of benzene rings is 1. The molecule has 0 bridgehead atoms. The summed E-state index contributed by atoms with van der Waals surface area (Å²) in [4.78, 5) is 11.6. The summed E-state index contributed by atoms with van der Waals surface area (Å²) >= 11 is 0. The van der Waals surface area contributed by atoms with E-state index in [-0.39, 0.29) is 11.7 Å². The molecule has 0 amide bonds. The maximum absolute atomic E-state index is 6.27. The van der Waals surface area contributed by atoms with Crippen molar-refractivity contribution >= 4 is 5.82 Å². The third-order valence-electron chi connectivity index (χ3n) is 4.71. The van der Waals surface area contributed by atoms with Gasteiger partial charge in [0.05, 0.1) is 37.3 Å². The molecular weight excluding hydrogens is 302 g/mol. The van der Waals surface area contributed by atoms with Gasteiger partial charge >= 0.3 is 0 Å². The summed E-state index contributed by atoms with van der Waals surface area (Å²) in [5, 5.41) is 0. The van der Waals surface area contributed by atoms with Gasteiger partial charge in [0.1, 0.15) is 11.4 Å². The van der Waals surface area contributed by atoms with E-state index < -0.39 is 0 Å². The van der Waals surface area contributed by atoms with Crippen LogP contribution in [0.1, 0.15) is 19.8 Å². The summed E-state index contributed by atoms with van der Waals surface area (Å²) in [7, 11) is 0. The SMILES string of the molecule is C[C@@H]1CN(c2cncc(-c3ccccc3)n2)C[C@]2(CCCOC2)O1. The molecule has 1 spiro atoms. The predicted octanol–water partition coefficient (Wildman–Crippen LogP) is 2.92. The molecule has 2 saturated heterocycles. The predicted molar refractivity (Wildman–Crippen MR) is 93.0 cm³/mol. The molecule has 2 aliphatic rings. The molecule has 0 N–H and O–H groups in total. The lowest BCUT2D eigenvalue weighted by Crippen LogP contribution is -2.58. The minimum Gasteiger partial charge on any atom is -0.378 e. The molecule has 0 unspecified atom stereocenters. The van der Waals surface area contributed by atoms with Gasteiger partial charge in [-0.05, 0) is 19.8 Å². The summed E-state index contributed by atoms with van der Waals surface area (Å²) in [6.45, 7) is 5.26. The molecular formula is C19H23N3O2. The van der Waals surface area contributed by atoms with E-state index in [2.05, 4.69) is 28.9 Å². The molecule has 5 nitrogen and oxygen atoms in total. The fraction of sp³-hybridized carbons (Fsp3) is 0.474. The Hall–Kier alpha value is -1.98. The van der Waals surface area contributed by atoms with Gasteiger partial charge in [-0.15, -0.1) is 0 Å². The van der Waals surface area contributed by atoms with Crippen LogP contribution in [0.25, 0.3) is 11.3 Å². The number of ether oxygens (including phenoxy) is 2. The second-order valence-corrected chi connectivity index (χ2v) is 6.78. The Morgan fingerprint density at radius 2 is 2.08 bits per heavy atom. The second kappa shape index (κ2) is 6.49. The van der Waals surface area contributed by atoms with Crippen molar-refractivity contribution in [2.24, 2.45) is 0 Å². The molecule has 1 aromatic carbocycles. The molecule has 5 heteroatoms. The van der Waals surface area contributed by atoms with Crippen LogP contribution < -0.4 is 4.90 Å². The first-order valence-corrected chi connectivity index (χ1v) is 8.62. The quantitative estimate of drug-likeness (QED) is 0.849. The molecule has 126 valence electrons. The minimum absolute atomic E-state index is 0.155. The van der Waals surface area contributed by atoms with Crippen LogP contribution in [0.15, 0.2) is 42.7 Å². The topological polar surface area (TPSA) is 47.5 Å². The molecule has 24 heavy (non-hydrogen) atoms. The standard InChI is InChI=1S/C19H23N3O2/c1-15-12-22(13-19(24-15)8-5-9-23-14-19)18-11-20-10-17(21-18)16-6-3-2-4-7-16/h2-4,6-7,10-11,15H,5,8-9,12-14H2,1H3/t15-,19+/m1/s1. The molecule has 2 atom stereocenters. The van der Waals surface area contributed by atoms with Gasteiger partial charge in [0.15, 0.2) is 0 Å². The fourth-order valence-corrected chi connectivity index (χ4v) is 3.70. The van der Waals surface area contributed by atoms with Crippen LogP contribution in [0.5, 0.6) is 0 Å². The van der Waals surface area contributed by atoms with Crippen molar-refractivity contribution in [3.05, 3.63) is 42.7 Å². The van der Waals surface area contributed by atoms with Crippen molar-refractivity contribution in [2.45, 2.75) is 31.5 Å². The van der Waals surface area contributed by atoms with Crippen LogP contribution in [0.2, 0.25) is 0 Å². The van der Waals surface area contributed by atoms with E-state index in [4.69, 9.17) is 14.5 Å². The Morgan fingerprint density at radius 1 is 1.21 bits per heavy atom. The summed E-state index contributed by atoms with van der Waals surface area (Å²) < 4.78 is 12.0. The maximum Gasteiger partial charge on any atom is 0.148 e. The zero-order valence-electron chi connectivity index (χ0n) is 14.0. The lowest BCUT2D eigenvalue weighted by Gasteiger charge is -2.47. The second-order valence-electron chi connectivity index (χ2n) is 6.78. The van der Waals surface area contributed by atoms with Crippen LogP contribution in [-0.4, -0.2) is 48.0 Å². The molecule has 2 aliphatic heterocycles. The van der Waals surface area contributed by atoms with E-state index >= 15 is 0 Å². The molecule has 0 aliphatic carbocycles. The van der Waals surface area contributed by atoms with Crippen molar-refractivity contribution in [1.82, 2.24) is 9.97 Å². The average Bonchev–Trinajstić information content (AvgIpc) is 2.62. The largest absolute Gasteiger partial charge is 0.378 e. The Bertz CT molecular complexity index is 686. The lowest BCUT2D eigenvalue weighted by atomic mass is 9.93. The summed E-state index contributed by atoms with van der Waals surface area (Å²) in [5.41, 5.74) is 1.78. The maximum atomic E-state index is 6.27. The van der Waals surface area contributed by atoms with Crippen LogP contribution in [-0.2, 0) is 9.47 Å². The molecule has 4 rings (SSSR count). The summed E-state index contributed by atoms with van der Waals surface area (Å²) in [6, 6.07) is 10.2. The Labute approximate surface area is 142 Å². The van der Waals surface area contributed by atoms with E-state index in [1.165, 1.54) is 0 Å². The van der Waals surface area contributed by atoms with Gasteiger partial charge in [0.2, 0.25) is 0 Å². The average molecular weight is 325 g/mol. The number of morpholine rings is 1. The molecule has 1 aromatic heterocycles. The zero-order chi connectivity index (χ0) is 16.4. The van der Waals surface area contributed by atoms with Crippen molar-refractivity contribution in [3.63, 3.8) is 0 Å². The normalized spacial score (nSPS) is 27.4. The van der Waals surface area contributed by atoms with E-state index in [1.807, 2.05) is 30.6 Å². The van der Waals surface area contributed by atoms with E-state index in [0.29, 0.717) is 6.61 Å². The van der Waals surface area contributed by atoms with Gasteiger partial charge in [0.25, 0.3) is 0 Å². The van der Waals surface area contributed by atoms with Gasteiger partial charge < -0.3 is 14.4 Å². The first kappa shape index (κ1) is 15.5. The third kappa shape index (κ3) is 3.14. The van der Waals surface area contributed by atoms with E-state index in [1.54, 1.807) is 0 Å². The number of hydrogen-bond acceptors (Lipinski definition) is 5. The number of rotatable bonds is 2. The van der Waals surface area contributed by atoms with Crippen LogP contribution in [0.3, 0.4) is 0 Å². The minimum atomic E-state index is -0.208. The van der Waals surface area contributed by atoms with Crippen LogP contribution in [0.4, 0.5) is 5.82 Å². The highest BCUT2D eigenvalue weighted by molar-refractivity contribution is 5.60. The first-order valence-electron chi connectivity index (χ1n) is 8.62.